The molecule has 0 aromatic carbocycles. The Balaban J connectivity index is 4.20. The summed E-state index contributed by atoms with van der Waals surface area (Å²) in [6, 6.07) is -0.148. The van der Waals surface area contributed by atoms with Crippen LogP contribution in [0.1, 0.15) is 34.1 Å². The second-order valence-electron chi connectivity index (χ2n) is 4.13. The van der Waals surface area contributed by atoms with E-state index in [0.717, 1.165) is 6.42 Å². The van der Waals surface area contributed by atoms with Crippen molar-refractivity contribution in [3.05, 3.63) is 0 Å². The molecule has 88 valence electrons. The summed E-state index contributed by atoms with van der Waals surface area (Å²) in [6.07, 6.45) is 0.314. The van der Waals surface area contributed by atoms with Crippen LogP contribution in [0.15, 0.2) is 0 Å². The summed E-state index contributed by atoms with van der Waals surface area (Å²) in [5.41, 5.74) is -0.479. The number of amides is 1. The Morgan fingerprint density at radius 1 is 1.47 bits per heavy atom. The molecule has 0 bridgehead atoms. The molecule has 0 saturated carbocycles. The minimum atomic E-state index is -0.479. The van der Waals surface area contributed by atoms with Crippen LogP contribution < -0.4 is 5.32 Å². The number of carbonyl (C=O) groups excluding carboxylic acids is 1. The molecule has 1 amide bonds. The molecular formula is C10H19NO3Se. The number of ether oxygens (including phenoxy) is 2. The molecule has 0 radical (unpaired) electrons. The van der Waals surface area contributed by atoms with Gasteiger partial charge in [0.1, 0.15) is 0 Å². The van der Waals surface area contributed by atoms with Crippen molar-refractivity contribution in [3.8, 4) is 0 Å². The first-order valence-electron chi connectivity index (χ1n) is 4.87. The third kappa shape index (κ3) is 6.52. The zero-order chi connectivity index (χ0) is 12.1. The van der Waals surface area contributed by atoms with Crippen LogP contribution in [-0.4, -0.2) is 45.0 Å². The van der Waals surface area contributed by atoms with Crippen LogP contribution in [0.5, 0.6) is 0 Å². The predicted octanol–water partition coefficient (Wildman–Crippen LogP) is 1.23. The van der Waals surface area contributed by atoms with Gasteiger partial charge in [-0.05, 0) is 0 Å². The number of nitrogens with one attached hydrogen (secondary N) is 1. The Kier molecular flexibility index (Phi) is 5.91. The first kappa shape index (κ1) is 14.5. The van der Waals surface area contributed by atoms with E-state index in [1.807, 2.05) is 27.7 Å². The van der Waals surface area contributed by atoms with E-state index < -0.39 is 11.7 Å². The monoisotopic (exact) mass is 281 g/mol. The molecule has 0 saturated heterocycles. The van der Waals surface area contributed by atoms with Gasteiger partial charge in [-0.15, -0.1) is 0 Å². The molecule has 0 unspecified atom stereocenters. The van der Waals surface area contributed by atoms with Gasteiger partial charge >= 0.3 is 98.7 Å². The first-order valence-corrected chi connectivity index (χ1v) is 5.73. The van der Waals surface area contributed by atoms with Gasteiger partial charge in [-0.1, -0.05) is 0 Å². The van der Waals surface area contributed by atoms with Crippen LogP contribution in [0.2, 0.25) is 0 Å². The molecule has 1 N–H and O–H groups in total. The third-order valence-electron chi connectivity index (χ3n) is 1.58. The quantitative estimate of drug-likeness (QED) is 0.788. The number of methoxy groups -OCH3 is 1. The Labute approximate surface area is 99.1 Å². The fourth-order valence-electron chi connectivity index (χ4n) is 0.920. The van der Waals surface area contributed by atoms with Crippen molar-refractivity contribution >= 4 is 26.3 Å². The van der Waals surface area contributed by atoms with Crippen LogP contribution in [0.4, 0.5) is 4.79 Å². The van der Waals surface area contributed by atoms with Crippen LogP contribution in [0, 0.1) is 0 Å². The molecule has 4 nitrogen and oxygen atoms in total. The standard InChI is InChI=1S/C10H19NO3Se/c1-6-7(8(15)13-5)11-9(12)14-10(2,3)4/h7H,6H2,1-5H3,(H,11,12)/t7-/m0/s1. The summed E-state index contributed by atoms with van der Waals surface area (Å²) >= 11 is 2.77. The van der Waals surface area contributed by atoms with Crippen molar-refractivity contribution in [2.45, 2.75) is 45.8 Å². The zero-order valence-corrected chi connectivity index (χ0v) is 11.6. The molecule has 0 fully saturated rings. The van der Waals surface area contributed by atoms with Crippen molar-refractivity contribution in [2.75, 3.05) is 7.11 Å². The second kappa shape index (κ2) is 6.13. The maximum absolute atomic E-state index is 11.4. The molecule has 0 aromatic rings. The first-order chi connectivity index (χ1) is 6.80. The molecule has 0 aliphatic heterocycles. The van der Waals surface area contributed by atoms with Gasteiger partial charge in [0.15, 0.2) is 0 Å². The molecule has 1 atom stereocenters. The van der Waals surface area contributed by atoms with Crippen molar-refractivity contribution in [2.24, 2.45) is 0 Å². The summed E-state index contributed by atoms with van der Waals surface area (Å²) in [6.45, 7) is 7.43. The summed E-state index contributed by atoms with van der Waals surface area (Å²) in [7, 11) is 1.56. The molecule has 15 heavy (non-hydrogen) atoms. The van der Waals surface area contributed by atoms with Gasteiger partial charge in [0.2, 0.25) is 0 Å². The Hall–Kier alpha value is -0.541. The third-order valence-corrected chi connectivity index (χ3v) is 2.53. The molecular weight excluding hydrogens is 261 g/mol. The van der Waals surface area contributed by atoms with Gasteiger partial charge in [-0.3, -0.25) is 0 Å². The molecule has 0 spiro atoms. The van der Waals surface area contributed by atoms with E-state index in [0.29, 0.717) is 4.60 Å². The van der Waals surface area contributed by atoms with Crippen LogP contribution in [-0.2, 0) is 9.47 Å². The molecule has 0 rings (SSSR count). The molecule has 0 aromatic heterocycles. The van der Waals surface area contributed by atoms with Gasteiger partial charge in [0.05, 0.1) is 0 Å². The van der Waals surface area contributed by atoms with Crippen molar-refractivity contribution < 1.29 is 14.3 Å². The van der Waals surface area contributed by atoms with E-state index in [4.69, 9.17) is 9.47 Å². The van der Waals surface area contributed by atoms with E-state index in [2.05, 4.69) is 20.9 Å². The summed E-state index contributed by atoms with van der Waals surface area (Å²) < 4.78 is 10.8. The normalized spacial score (nSPS) is 12.9. The van der Waals surface area contributed by atoms with Crippen molar-refractivity contribution in [1.82, 2.24) is 5.32 Å². The number of alkyl carbamates (subject to hydrolysis) is 1. The average molecular weight is 280 g/mol. The zero-order valence-electron chi connectivity index (χ0n) is 9.92. The number of rotatable bonds is 4. The van der Waals surface area contributed by atoms with E-state index >= 15 is 0 Å². The van der Waals surface area contributed by atoms with E-state index in [1.165, 1.54) is 0 Å². The summed E-state index contributed by atoms with van der Waals surface area (Å²) in [4.78, 5) is 11.4. The topological polar surface area (TPSA) is 47.6 Å². The Morgan fingerprint density at radius 2 is 2.00 bits per heavy atom. The van der Waals surface area contributed by atoms with Crippen LogP contribution >= 0.6 is 0 Å². The summed E-state index contributed by atoms with van der Waals surface area (Å²) in [5.74, 6) is 0. The van der Waals surface area contributed by atoms with Crippen molar-refractivity contribution in [3.63, 3.8) is 0 Å². The van der Waals surface area contributed by atoms with Gasteiger partial charge in [-0.2, -0.15) is 0 Å². The number of hydrogen-bond donors (Lipinski definition) is 1. The van der Waals surface area contributed by atoms with Crippen LogP contribution in [0.3, 0.4) is 0 Å². The van der Waals surface area contributed by atoms with Gasteiger partial charge in [-0.25, -0.2) is 0 Å². The summed E-state index contributed by atoms with van der Waals surface area (Å²) in [5, 5.41) is 2.72. The van der Waals surface area contributed by atoms with Gasteiger partial charge < -0.3 is 0 Å². The van der Waals surface area contributed by atoms with E-state index in [1.54, 1.807) is 7.11 Å². The van der Waals surface area contributed by atoms with Crippen molar-refractivity contribution in [1.29, 1.82) is 0 Å². The number of hydrogen-bond acceptors (Lipinski definition) is 3. The predicted molar refractivity (Wildman–Crippen MR) is 61.2 cm³/mol. The van der Waals surface area contributed by atoms with E-state index in [9.17, 15) is 4.79 Å². The maximum atomic E-state index is 11.4. The molecule has 0 aliphatic rings. The SMILES string of the molecule is CC[C@H](NC(=O)OC(C)(C)C)C(=[Se])OC. The fraction of sp³-hybridized carbons (Fsp3) is 0.800. The number of carbonyl (C=O) groups is 1. The molecule has 5 heteroatoms. The van der Waals surface area contributed by atoms with E-state index in [-0.39, 0.29) is 6.04 Å². The Bertz CT molecular complexity index is 235. The van der Waals surface area contributed by atoms with Gasteiger partial charge in [0.25, 0.3) is 0 Å². The average Bonchev–Trinajstić information content (AvgIpc) is 2.10. The molecule has 0 aliphatic carbocycles. The molecule has 0 heterocycles. The van der Waals surface area contributed by atoms with Crippen LogP contribution in [0.25, 0.3) is 0 Å². The second-order valence-corrected chi connectivity index (χ2v) is 4.97. The fourth-order valence-corrected chi connectivity index (χ4v) is 1.39. The Morgan fingerprint density at radius 3 is 2.33 bits per heavy atom. The van der Waals surface area contributed by atoms with Gasteiger partial charge in [0, 0.05) is 0 Å². The minimum absolute atomic E-state index is 0.148.